The van der Waals surface area contributed by atoms with Gasteiger partial charge in [-0.3, -0.25) is 9.78 Å². The second-order valence-electron chi connectivity index (χ2n) is 3.75. The largest absolute Gasteiger partial charge is 0.436 e. The highest BCUT2D eigenvalue weighted by molar-refractivity contribution is 6.37. The van der Waals surface area contributed by atoms with E-state index in [2.05, 4.69) is 9.97 Å². The third-order valence-electron chi connectivity index (χ3n) is 2.28. The molecule has 0 saturated carbocycles. The number of hydrogen-bond donors (Lipinski definition) is 2. The molecule has 0 unspecified atom stereocenters. The predicted octanol–water partition coefficient (Wildman–Crippen LogP) is 3.12. The second kappa shape index (κ2) is 6.02. The number of rotatable bonds is 4. The first kappa shape index (κ1) is 14.5. The van der Waals surface area contributed by atoms with Gasteiger partial charge in [0.05, 0.1) is 16.2 Å². The van der Waals surface area contributed by atoms with Gasteiger partial charge in [0, 0.05) is 18.6 Å². The molecule has 6 nitrogen and oxygen atoms in total. The van der Waals surface area contributed by atoms with Crippen molar-refractivity contribution in [3.63, 3.8) is 0 Å². The molecule has 0 aliphatic rings. The van der Waals surface area contributed by atoms with E-state index in [1.54, 1.807) is 6.92 Å². The van der Waals surface area contributed by atoms with Gasteiger partial charge in [0.15, 0.2) is 5.75 Å². The number of imidazole rings is 1. The molecular formula is C12H10Cl2N2O4. The summed E-state index contributed by atoms with van der Waals surface area (Å²) in [5.41, 5.74) is -0.416. The van der Waals surface area contributed by atoms with Crippen molar-refractivity contribution in [3.8, 4) is 17.4 Å². The Morgan fingerprint density at radius 3 is 2.45 bits per heavy atom. The number of benzene rings is 1. The van der Waals surface area contributed by atoms with Crippen molar-refractivity contribution in [1.29, 1.82) is 0 Å². The monoisotopic (exact) mass is 316 g/mol. The fraction of sp³-hybridized carbons (Fsp3) is 0.167. The van der Waals surface area contributed by atoms with Crippen molar-refractivity contribution in [2.75, 3.05) is 0 Å². The Morgan fingerprint density at radius 2 is 1.95 bits per heavy atom. The molecule has 0 aliphatic carbocycles. The van der Waals surface area contributed by atoms with Crippen molar-refractivity contribution in [2.45, 2.75) is 13.3 Å². The third-order valence-corrected chi connectivity index (χ3v) is 2.84. The molecule has 0 bridgehead atoms. The lowest BCUT2D eigenvalue weighted by atomic mass is 10.3. The molecule has 0 fully saturated rings. The fourth-order valence-corrected chi connectivity index (χ4v) is 1.92. The molecule has 0 radical (unpaired) electrons. The van der Waals surface area contributed by atoms with Gasteiger partial charge >= 0.3 is 11.7 Å². The summed E-state index contributed by atoms with van der Waals surface area (Å²) < 4.78 is 10.4. The molecular weight excluding hydrogens is 307 g/mol. The maximum Gasteiger partial charge on any atom is 0.325 e. The number of halogens is 2. The van der Waals surface area contributed by atoms with Crippen molar-refractivity contribution in [3.05, 3.63) is 38.9 Å². The summed E-state index contributed by atoms with van der Waals surface area (Å²) in [4.78, 5) is 26.9. The summed E-state index contributed by atoms with van der Waals surface area (Å²) in [5, 5.41) is 0.303. The van der Waals surface area contributed by atoms with Crippen LogP contribution in [0.5, 0.6) is 17.4 Å². The van der Waals surface area contributed by atoms with Gasteiger partial charge in [0.1, 0.15) is 5.75 Å². The van der Waals surface area contributed by atoms with Crippen LogP contribution in [0.3, 0.4) is 0 Å². The third kappa shape index (κ3) is 3.34. The predicted molar refractivity (Wildman–Crippen MR) is 73.9 cm³/mol. The lowest BCUT2D eigenvalue weighted by Gasteiger charge is -2.10. The number of aromatic nitrogens is 2. The first-order chi connectivity index (χ1) is 9.49. The van der Waals surface area contributed by atoms with E-state index in [4.69, 9.17) is 32.7 Å². The number of hydrogen-bond acceptors (Lipinski definition) is 4. The van der Waals surface area contributed by atoms with Crippen LogP contribution < -0.4 is 15.2 Å². The maximum absolute atomic E-state index is 11.2. The Bertz CT molecular complexity index is 670. The summed E-state index contributed by atoms with van der Waals surface area (Å²) in [7, 11) is 0. The zero-order valence-electron chi connectivity index (χ0n) is 10.3. The Labute approximate surface area is 123 Å². The molecule has 106 valence electrons. The quantitative estimate of drug-likeness (QED) is 0.670. The minimum atomic E-state index is -0.416. The molecule has 0 amide bonds. The number of nitrogens with one attached hydrogen (secondary N) is 2. The van der Waals surface area contributed by atoms with Crippen molar-refractivity contribution in [2.24, 2.45) is 0 Å². The molecule has 0 atom stereocenters. The summed E-state index contributed by atoms with van der Waals surface area (Å²) in [6.07, 6.45) is 1.57. The van der Waals surface area contributed by atoms with Crippen LogP contribution in [0.15, 0.2) is 23.1 Å². The van der Waals surface area contributed by atoms with Crippen LogP contribution >= 0.6 is 23.2 Å². The Balaban J connectivity index is 2.26. The highest BCUT2D eigenvalue weighted by Gasteiger charge is 2.14. The number of aromatic amines is 2. The van der Waals surface area contributed by atoms with E-state index in [-0.39, 0.29) is 33.8 Å². The molecule has 2 rings (SSSR count). The molecule has 0 spiro atoms. The van der Waals surface area contributed by atoms with Gasteiger partial charge in [0.25, 0.3) is 0 Å². The van der Waals surface area contributed by atoms with Crippen molar-refractivity contribution >= 4 is 29.2 Å². The fourth-order valence-electron chi connectivity index (χ4n) is 1.38. The highest BCUT2D eigenvalue weighted by Crippen LogP contribution is 2.38. The minimum absolute atomic E-state index is 0.151. The van der Waals surface area contributed by atoms with Crippen LogP contribution in [0.25, 0.3) is 0 Å². The zero-order chi connectivity index (χ0) is 14.7. The number of ether oxygens (including phenoxy) is 2. The van der Waals surface area contributed by atoms with E-state index in [1.165, 1.54) is 18.3 Å². The van der Waals surface area contributed by atoms with E-state index >= 15 is 0 Å². The van der Waals surface area contributed by atoms with E-state index in [1.807, 2.05) is 0 Å². The van der Waals surface area contributed by atoms with Crippen LogP contribution in [0.4, 0.5) is 0 Å². The molecule has 2 N–H and O–H groups in total. The summed E-state index contributed by atoms with van der Waals surface area (Å²) >= 11 is 12.0. The molecule has 1 heterocycles. The summed E-state index contributed by atoms with van der Waals surface area (Å²) in [5.74, 6) is 0.138. The van der Waals surface area contributed by atoms with Gasteiger partial charge in [-0.05, 0) is 0 Å². The highest BCUT2D eigenvalue weighted by atomic mass is 35.5. The summed E-state index contributed by atoms with van der Waals surface area (Å²) in [6, 6.07) is 2.81. The Hall–Kier alpha value is -1.92. The number of carbonyl (C=O) groups excluding carboxylic acids is 1. The molecule has 1 aromatic carbocycles. The molecule has 0 aliphatic heterocycles. The minimum Gasteiger partial charge on any atom is -0.436 e. The van der Waals surface area contributed by atoms with E-state index in [0.29, 0.717) is 0 Å². The van der Waals surface area contributed by atoms with Crippen molar-refractivity contribution in [1.82, 2.24) is 9.97 Å². The second-order valence-corrected chi connectivity index (χ2v) is 4.57. The van der Waals surface area contributed by atoms with Crippen LogP contribution in [0.1, 0.15) is 13.3 Å². The molecule has 1 aromatic heterocycles. The van der Waals surface area contributed by atoms with Crippen molar-refractivity contribution < 1.29 is 14.3 Å². The summed E-state index contributed by atoms with van der Waals surface area (Å²) in [6.45, 7) is 1.67. The van der Waals surface area contributed by atoms with Gasteiger partial charge < -0.3 is 14.5 Å². The standard InChI is InChI=1S/C12H10Cl2N2O4/c1-2-10(17)19-6-3-7(13)11(8(14)4-6)20-9-5-15-12(18)16-9/h3-5H,2H2,1H3,(H2,15,16,18). The smallest absolute Gasteiger partial charge is 0.325 e. The van der Waals surface area contributed by atoms with Gasteiger partial charge in [-0.15, -0.1) is 0 Å². The lowest BCUT2D eigenvalue weighted by Crippen LogP contribution is -2.05. The molecule has 0 saturated heterocycles. The average molecular weight is 317 g/mol. The Morgan fingerprint density at radius 1 is 1.30 bits per heavy atom. The van der Waals surface area contributed by atoms with Crippen LogP contribution in [0, 0.1) is 0 Å². The van der Waals surface area contributed by atoms with E-state index in [0.717, 1.165) is 0 Å². The first-order valence-electron chi connectivity index (χ1n) is 5.65. The zero-order valence-corrected chi connectivity index (χ0v) is 11.8. The van der Waals surface area contributed by atoms with Crippen LogP contribution in [-0.4, -0.2) is 15.9 Å². The first-order valence-corrected chi connectivity index (χ1v) is 6.40. The SMILES string of the molecule is CCC(=O)Oc1cc(Cl)c(Oc2c[nH]c(=O)[nH]2)c(Cl)c1. The van der Waals surface area contributed by atoms with E-state index < -0.39 is 11.7 Å². The van der Waals surface area contributed by atoms with Gasteiger partial charge in [-0.2, -0.15) is 0 Å². The maximum atomic E-state index is 11.2. The molecule has 20 heavy (non-hydrogen) atoms. The topological polar surface area (TPSA) is 84.2 Å². The number of carbonyl (C=O) groups is 1. The lowest BCUT2D eigenvalue weighted by molar-refractivity contribution is -0.134. The number of esters is 1. The normalized spacial score (nSPS) is 10.3. The van der Waals surface area contributed by atoms with Gasteiger partial charge in [-0.1, -0.05) is 30.1 Å². The molecule has 8 heteroatoms. The molecule has 2 aromatic rings. The Kier molecular flexibility index (Phi) is 4.36. The average Bonchev–Trinajstić information content (AvgIpc) is 2.79. The number of H-pyrrole nitrogens is 2. The van der Waals surface area contributed by atoms with Crippen LogP contribution in [0.2, 0.25) is 10.0 Å². The van der Waals surface area contributed by atoms with Crippen LogP contribution in [-0.2, 0) is 4.79 Å². The van der Waals surface area contributed by atoms with Gasteiger partial charge in [0.2, 0.25) is 5.88 Å². The van der Waals surface area contributed by atoms with E-state index in [9.17, 15) is 9.59 Å². The van der Waals surface area contributed by atoms with Gasteiger partial charge in [-0.25, -0.2) is 4.79 Å².